The molecule has 0 saturated heterocycles. The van der Waals surface area contributed by atoms with E-state index in [1.165, 1.54) is 13.4 Å². The van der Waals surface area contributed by atoms with Crippen molar-refractivity contribution in [1.82, 2.24) is 9.97 Å². The molecule has 114 valence electrons. The minimum Gasteiger partial charge on any atom is -0.478 e. The number of aliphatic hydroxyl groups excluding tert-OH is 1. The molecule has 0 aliphatic heterocycles. The SMILES string of the molecule is COc1ncnc(C(C)O)c1Oc1cc(Cl)cc(C#N)c1C. The average Bonchev–Trinajstić information content (AvgIpc) is 2.50. The van der Waals surface area contributed by atoms with Crippen LogP contribution in [0.1, 0.15) is 29.8 Å². The zero-order chi connectivity index (χ0) is 16.3. The Morgan fingerprint density at radius 1 is 1.36 bits per heavy atom. The van der Waals surface area contributed by atoms with E-state index in [9.17, 15) is 5.11 Å². The molecule has 1 aromatic heterocycles. The lowest BCUT2D eigenvalue weighted by Gasteiger charge is -2.16. The Bertz CT molecular complexity index is 742. The van der Waals surface area contributed by atoms with Crippen molar-refractivity contribution in [2.75, 3.05) is 7.11 Å². The second-order valence-electron chi connectivity index (χ2n) is 4.56. The van der Waals surface area contributed by atoms with E-state index in [1.54, 1.807) is 26.0 Å². The van der Waals surface area contributed by atoms with Gasteiger partial charge in [0.15, 0.2) is 0 Å². The number of hydrogen-bond donors (Lipinski definition) is 1. The molecule has 0 radical (unpaired) electrons. The van der Waals surface area contributed by atoms with Gasteiger partial charge in [-0.1, -0.05) is 11.6 Å². The number of benzene rings is 1. The van der Waals surface area contributed by atoms with Gasteiger partial charge >= 0.3 is 0 Å². The highest BCUT2D eigenvalue weighted by molar-refractivity contribution is 6.30. The lowest BCUT2D eigenvalue weighted by atomic mass is 10.1. The maximum atomic E-state index is 9.82. The summed E-state index contributed by atoms with van der Waals surface area (Å²) in [5.74, 6) is 0.747. The summed E-state index contributed by atoms with van der Waals surface area (Å²) < 4.78 is 11.0. The van der Waals surface area contributed by atoms with E-state index < -0.39 is 6.10 Å². The molecule has 0 spiro atoms. The smallest absolute Gasteiger partial charge is 0.260 e. The normalized spacial score (nSPS) is 11.6. The van der Waals surface area contributed by atoms with E-state index in [1.807, 2.05) is 0 Å². The van der Waals surface area contributed by atoms with E-state index in [-0.39, 0.29) is 17.3 Å². The molecule has 1 unspecified atom stereocenters. The number of methoxy groups -OCH3 is 1. The van der Waals surface area contributed by atoms with Crippen molar-refractivity contribution >= 4 is 11.6 Å². The summed E-state index contributed by atoms with van der Waals surface area (Å²) in [6, 6.07) is 5.18. The zero-order valence-electron chi connectivity index (χ0n) is 12.3. The summed E-state index contributed by atoms with van der Waals surface area (Å²) in [5.41, 5.74) is 1.30. The van der Waals surface area contributed by atoms with Crippen LogP contribution in [0.15, 0.2) is 18.5 Å². The first-order valence-corrected chi connectivity index (χ1v) is 6.80. The molecular formula is C15H14ClN3O3. The standard InChI is InChI=1S/C15H14ClN3O3/c1-8-10(6-17)4-11(16)5-12(8)22-14-13(9(2)20)18-7-19-15(14)21-3/h4-5,7,9,20H,1-3H3. The molecule has 0 saturated carbocycles. The van der Waals surface area contributed by atoms with Gasteiger partial charge in [-0.25, -0.2) is 4.98 Å². The number of halogens is 1. The van der Waals surface area contributed by atoms with Crippen molar-refractivity contribution in [1.29, 1.82) is 5.26 Å². The van der Waals surface area contributed by atoms with Crippen LogP contribution in [0, 0.1) is 18.3 Å². The summed E-state index contributed by atoms with van der Waals surface area (Å²) in [5, 5.41) is 19.3. The fraction of sp³-hybridized carbons (Fsp3) is 0.267. The van der Waals surface area contributed by atoms with Crippen molar-refractivity contribution in [3.63, 3.8) is 0 Å². The van der Waals surface area contributed by atoms with Gasteiger partial charge in [0, 0.05) is 10.6 Å². The summed E-state index contributed by atoms with van der Waals surface area (Å²) in [6.07, 6.45) is 0.404. The van der Waals surface area contributed by atoms with Gasteiger partial charge in [0.25, 0.3) is 5.88 Å². The Morgan fingerprint density at radius 3 is 2.68 bits per heavy atom. The molecule has 2 rings (SSSR count). The molecule has 2 aromatic rings. The molecule has 7 heteroatoms. The van der Waals surface area contributed by atoms with Crippen LogP contribution in [0.3, 0.4) is 0 Å². The van der Waals surface area contributed by atoms with Crippen molar-refractivity contribution in [2.24, 2.45) is 0 Å². The van der Waals surface area contributed by atoms with Gasteiger partial charge in [0.1, 0.15) is 17.8 Å². The third kappa shape index (κ3) is 3.11. The maximum absolute atomic E-state index is 9.82. The first kappa shape index (κ1) is 16.0. The second kappa shape index (κ2) is 6.60. The predicted molar refractivity (Wildman–Crippen MR) is 80.2 cm³/mol. The summed E-state index contributed by atoms with van der Waals surface area (Å²) >= 11 is 6.00. The third-order valence-corrected chi connectivity index (χ3v) is 3.26. The Balaban J connectivity index is 2.57. The van der Waals surface area contributed by atoms with Gasteiger partial charge in [-0.05, 0) is 26.0 Å². The van der Waals surface area contributed by atoms with E-state index in [0.717, 1.165) is 0 Å². The molecule has 0 bridgehead atoms. The fourth-order valence-electron chi connectivity index (χ4n) is 1.90. The highest BCUT2D eigenvalue weighted by atomic mass is 35.5. The molecule has 0 aliphatic carbocycles. The average molecular weight is 320 g/mol. The van der Waals surface area contributed by atoms with Gasteiger partial charge in [-0.2, -0.15) is 10.2 Å². The lowest BCUT2D eigenvalue weighted by Crippen LogP contribution is -2.04. The highest BCUT2D eigenvalue weighted by Gasteiger charge is 2.20. The van der Waals surface area contributed by atoms with Crippen LogP contribution in [0.2, 0.25) is 5.02 Å². The van der Waals surface area contributed by atoms with Crippen LogP contribution < -0.4 is 9.47 Å². The highest BCUT2D eigenvalue weighted by Crippen LogP contribution is 2.37. The maximum Gasteiger partial charge on any atom is 0.260 e. The molecule has 0 amide bonds. The monoisotopic (exact) mass is 319 g/mol. The molecule has 22 heavy (non-hydrogen) atoms. The van der Waals surface area contributed by atoms with Gasteiger partial charge in [0.2, 0.25) is 5.75 Å². The van der Waals surface area contributed by atoms with Gasteiger partial charge in [-0.15, -0.1) is 0 Å². The Morgan fingerprint density at radius 2 is 2.09 bits per heavy atom. The van der Waals surface area contributed by atoms with Crippen LogP contribution in [0.4, 0.5) is 0 Å². The fourth-order valence-corrected chi connectivity index (χ4v) is 2.10. The first-order chi connectivity index (χ1) is 10.5. The molecule has 1 atom stereocenters. The molecule has 1 heterocycles. The number of ether oxygens (including phenoxy) is 2. The minimum absolute atomic E-state index is 0.184. The van der Waals surface area contributed by atoms with E-state index in [2.05, 4.69) is 16.0 Å². The second-order valence-corrected chi connectivity index (χ2v) is 5.00. The van der Waals surface area contributed by atoms with E-state index in [4.69, 9.17) is 26.3 Å². The summed E-state index contributed by atoms with van der Waals surface area (Å²) in [7, 11) is 1.44. The Labute approximate surface area is 132 Å². The number of aromatic nitrogens is 2. The quantitative estimate of drug-likeness (QED) is 0.931. The number of rotatable bonds is 4. The summed E-state index contributed by atoms with van der Waals surface area (Å²) in [4.78, 5) is 7.98. The molecule has 0 aliphatic rings. The Kier molecular flexibility index (Phi) is 4.81. The van der Waals surface area contributed by atoms with Crippen molar-refractivity contribution in [2.45, 2.75) is 20.0 Å². The third-order valence-electron chi connectivity index (χ3n) is 3.05. The zero-order valence-corrected chi connectivity index (χ0v) is 13.0. The van der Waals surface area contributed by atoms with Crippen LogP contribution in [0.5, 0.6) is 17.4 Å². The van der Waals surface area contributed by atoms with Crippen LogP contribution >= 0.6 is 11.6 Å². The largest absolute Gasteiger partial charge is 0.478 e. The van der Waals surface area contributed by atoms with Crippen molar-refractivity contribution < 1.29 is 14.6 Å². The first-order valence-electron chi connectivity index (χ1n) is 6.43. The van der Waals surface area contributed by atoms with Gasteiger partial charge in [0.05, 0.1) is 24.8 Å². The summed E-state index contributed by atoms with van der Waals surface area (Å²) in [6.45, 7) is 3.29. The van der Waals surface area contributed by atoms with Crippen LogP contribution in [0.25, 0.3) is 0 Å². The van der Waals surface area contributed by atoms with Crippen LogP contribution in [-0.2, 0) is 0 Å². The predicted octanol–water partition coefficient (Wildman–Crippen LogP) is 3.16. The van der Waals surface area contributed by atoms with Gasteiger partial charge in [-0.3, -0.25) is 0 Å². The number of hydrogen-bond acceptors (Lipinski definition) is 6. The van der Waals surface area contributed by atoms with E-state index in [0.29, 0.717) is 21.9 Å². The molecule has 6 nitrogen and oxygen atoms in total. The molecule has 0 fully saturated rings. The van der Waals surface area contributed by atoms with E-state index >= 15 is 0 Å². The topological polar surface area (TPSA) is 88.3 Å². The Hall–Kier alpha value is -2.36. The van der Waals surface area contributed by atoms with Gasteiger partial charge < -0.3 is 14.6 Å². The number of nitriles is 1. The van der Waals surface area contributed by atoms with Crippen molar-refractivity contribution in [3.05, 3.63) is 40.3 Å². The lowest BCUT2D eigenvalue weighted by molar-refractivity contribution is 0.188. The van der Waals surface area contributed by atoms with Crippen LogP contribution in [-0.4, -0.2) is 22.2 Å². The minimum atomic E-state index is -0.873. The number of aliphatic hydroxyl groups is 1. The molecule has 1 N–H and O–H groups in total. The molecule has 1 aromatic carbocycles. The number of nitrogens with zero attached hydrogens (tertiary/aromatic N) is 3. The van der Waals surface area contributed by atoms with Crippen molar-refractivity contribution in [3.8, 4) is 23.4 Å². The molecular weight excluding hydrogens is 306 g/mol.